The molecule has 3 aromatic rings. The number of hydrogen-bond donors (Lipinski definition) is 2. The quantitative estimate of drug-likeness (QED) is 0.413. The Hall–Kier alpha value is -4.08. The molecule has 10 nitrogen and oxygen atoms in total. The standard InChI is InChI=1S/C17H13N5O5/c1-10-15(19-18-12-7-3-4-8-13(12)22(26)27)17(25)21(20-10)16(24)11-6-2-5-9-14(11)23/h2-9,20,23H,1H3. The second kappa shape index (κ2) is 7.04. The number of carbonyl (C=O) groups excluding carboxylic acids is 1. The van der Waals surface area contributed by atoms with E-state index >= 15 is 0 Å². The van der Waals surface area contributed by atoms with Crippen molar-refractivity contribution in [1.29, 1.82) is 0 Å². The van der Waals surface area contributed by atoms with Gasteiger partial charge in [0.2, 0.25) is 0 Å². The van der Waals surface area contributed by atoms with E-state index in [4.69, 9.17) is 0 Å². The first-order valence-electron chi connectivity index (χ1n) is 7.69. The zero-order chi connectivity index (χ0) is 19.6. The zero-order valence-corrected chi connectivity index (χ0v) is 14.0. The van der Waals surface area contributed by atoms with Crippen LogP contribution in [0, 0.1) is 17.0 Å². The van der Waals surface area contributed by atoms with Crippen molar-refractivity contribution in [3.05, 3.63) is 80.3 Å². The van der Waals surface area contributed by atoms with Gasteiger partial charge in [-0.2, -0.15) is 4.68 Å². The lowest BCUT2D eigenvalue weighted by atomic mass is 10.2. The van der Waals surface area contributed by atoms with Gasteiger partial charge in [0, 0.05) is 6.07 Å². The molecule has 1 heterocycles. The molecule has 0 fully saturated rings. The Balaban J connectivity index is 2.01. The molecule has 27 heavy (non-hydrogen) atoms. The molecular formula is C17H13N5O5. The van der Waals surface area contributed by atoms with E-state index in [0.717, 1.165) is 0 Å². The molecule has 3 rings (SSSR count). The van der Waals surface area contributed by atoms with Gasteiger partial charge in [0.05, 0.1) is 16.2 Å². The number of phenols is 1. The summed E-state index contributed by atoms with van der Waals surface area (Å²) in [6.07, 6.45) is 0. The fourth-order valence-corrected chi connectivity index (χ4v) is 2.38. The Morgan fingerprint density at radius 1 is 1.15 bits per heavy atom. The van der Waals surface area contributed by atoms with Crippen molar-refractivity contribution in [3.63, 3.8) is 0 Å². The second-order valence-corrected chi connectivity index (χ2v) is 5.49. The lowest BCUT2D eigenvalue weighted by molar-refractivity contribution is -0.384. The van der Waals surface area contributed by atoms with Crippen LogP contribution in [-0.4, -0.2) is 25.7 Å². The van der Waals surface area contributed by atoms with Crippen molar-refractivity contribution in [2.75, 3.05) is 0 Å². The molecular weight excluding hydrogens is 354 g/mol. The summed E-state index contributed by atoms with van der Waals surface area (Å²) >= 11 is 0. The summed E-state index contributed by atoms with van der Waals surface area (Å²) in [6, 6.07) is 11.5. The van der Waals surface area contributed by atoms with Crippen molar-refractivity contribution in [2.45, 2.75) is 6.92 Å². The first-order chi connectivity index (χ1) is 12.9. The van der Waals surface area contributed by atoms with Gasteiger partial charge >= 0.3 is 5.56 Å². The topological polar surface area (TPSA) is 143 Å². The van der Waals surface area contributed by atoms with Crippen LogP contribution in [0.2, 0.25) is 0 Å². The fraction of sp³-hybridized carbons (Fsp3) is 0.0588. The molecule has 0 aliphatic heterocycles. The molecule has 0 saturated carbocycles. The molecule has 136 valence electrons. The van der Waals surface area contributed by atoms with Gasteiger partial charge in [-0.3, -0.25) is 24.8 Å². The number of rotatable bonds is 4. The molecule has 0 saturated heterocycles. The highest BCUT2D eigenvalue weighted by atomic mass is 16.6. The van der Waals surface area contributed by atoms with Crippen LogP contribution >= 0.6 is 0 Å². The average Bonchev–Trinajstić information content (AvgIpc) is 2.94. The highest BCUT2D eigenvalue weighted by Gasteiger charge is 2.20. The number of azo groups is 1. The summed E-state index contributed by atoms with van der Waals surface area (Å²) in [7, 11) is 0. The van der Waals surface area contributed by atoms with Crippen LogP contribution in [0.3, 0.4) is 0 Å². The van der Waals surface area contributed by atoms with Gasteiger partial charge in [-0.05, 0) is 25.1 Å². The Bertz CT molecular complexity index is 1130. The van der Waals surface area contributed by atoms with Crippen LogP contribution in [-0.2, 0) is 0 Å². The van der Waals surface area contributed by atoms with Crippen LogP contribution in [0.5, 0.6) is 5.75 Å². The molecule has 0 aliphatic rings. The van der Waals surface area contributed by atoms with Crippen molar-refractivity contribution in [3.8, 4) is 5.75 Å². The van der Waals surface area contributed by atoms with Gasteiger partial charge in [-0.15, -0.1) is 10.2 Å². The Kier molecular flexibility index (Phi) is 4.62. The summed E-state index contributed by atoms with van der Waals surface area (Å²) in [6.45, 7) is 1.50. The number of hydrogen-bond acceptors (Lipinski definition) is 7. The van der Waals surface area contributed by atoms with E-state index in [0.29, 0.717) is 4.68 Å². The molecule has 2 aromatic carbocycles. The first-order valence-corrected chi connectivity index (χ1v) is 7.69. The number of nitrogens with zero attached hydrogens (tertiary/aromatic N) is 4. The molecule has 10 heteroatoms. The maximum Gasteiger partial charge on any atom is 0.302 e. The van der Waals surface area contributed by atoms with Crippen LogP contribution in [0.25, 0.3) is 0 Å². The number of aromatic amines is 1. The van der Waals surface area contributed by atoms with Crippen molar-refractivity contribution < 1.29 is 14.8 Å². The molecule has 0 unspecified atom stereocenters. The predicted octanol–water partition coefficient (Wildman–Crippen LogP) is 3.20. The van der Waals surface area contributed by atoms with Crippen LogP contribution in [0.4, 0.5) is 17.1 Å². The number of benzene rings is 2. The molecule has 0 atom stereocenters. The van der Waals surface area contributed by atoms with E-state index in [1.165, 1.54) is 37.3 Å². The number of aryl methyl sites for hydroxylation is 1. The van der Waals surface area contributed by atoms with E-state index in [-0.39, 0.29) is 34.1 Å². The third-order valence-electron chi connectivity index (χ3n) is 3.71. The van der Waals surface area contributed by atoms with E-state index < -0.39 is 16.4 Å². The third kappa shape index (κ3) is 3.35. The third-order valence-corrected chi connectivity index (χ3v) is 3.71. The summed E-state index contributed by atoms with van der Waals surface area (Å²) in [5, 5.41) is 30.9. The molecule has 2 N–H and O–H groups in total. The Labute approximate surface area is 151 Å². The van der Waals surface area contributed by atoms with Gasteiger partial charge in [-0.25, -0.2) is 0 Å². The maximum atomic E-state index is 12.5. The smallest absolute Gasteiger partial charge is 0.302 e. The average molecular weight is 367 g/mol. The number of para-hydroxylation sites is 2. The molecule has 0 aliphatic carbocycles. The highest BCUT2D eigenvalue weighted by molar-refractivity contribution is 5.98. The van der Waals surface area contributed by atoms with Crippen molar-refractivity contribution >= 4 is 23.0 Å². The zero-order valence-electron chi connectivity index (χ0n) is 14.0. The minimum Gasteiger partial charge on any atom is -0.507 e. The van der Waals surface area contributed by atoms with E-state index in [1.807, 2.05) is 0 Å². The van der Waals surface area contributed by atoms with Crippen molar-refractivity contribution in [1.82, 2.24) is 9.78 Å². The van der Waals surface area contributed by atoms with E-state index in [1.54, 1.807) is 18.2 Å². The van der Waals surface area contributed by atoms with E-state index in [2.05, 4.69) is 15.3 Å². The Morgan fingerprint density at radius 3 is 2.52 bits per heavy atom. The first kappa shape index (κ1) is 17.7. The summed E-state index contributed by atoms with van der Waals surface area (Å²) in [5.41, 5.74) is -1.07. The lowest BCUT2D eigenvalue weighted by Gasteiger charge is -2.02. The highest BCUT2D eigenvalue weighted by Crippen LogP contribution is 2.28. The fourth-order valence-electron chi connectivity index (χ4n) is 2.38. The number of nitrogens with one attached hydrogen (secondary N) is 1. The number of nitro benzene ring substituents is 1. The number of aromatic nitrogens is 2. The summed E-state index contributed by atoms with van der Waals surface area (Å²) < 4.78 is 0.693. The van der Waals surface area contributed by atoms with Crippen LogP contribution in [0.1, 0.15) is 16.1 Å². The van der Waals surface area contributed by atoms with Gasteiger partial charge in [-0.1, -0.05) is 24.3 Å². The number of carbonyl (C=O) groups is 1. The number of nitro groups is 1. The molecule has 0 bridgehead atoms. The minimum atomic E-state index is -0.789. The van der Waals surface area contributed by atoms with E-state index in [9.17, 15) is 24.8 Å². The summed E-state index contributed by atoms with van der Waals surface area (Å²) in [5.74, 6) is -1.04. The SMILES string of the molecule is Cc1[nH]n(C(=O)c2ccccc2O)c(=O)c1N=Nc1ccccc1[N+](=O)[O-]. The summed E-state index contributed by atoms with van der Waals surface area (Å²) in [4.78, 5) is 35.4. The number of H-pyrrole nitrogens is 1. The van der Waals surface area contributed by atoms with Gasteiger partial charge < -0.3 is 5.11 Å². The van der Waals surface area contributed by atoms with Gasteiger partial charge in [0.15, 0.2) is 11.4 Å². The molecule has 0 amide bonds. The van der Waals surface area contributed by atoms with Gasteiger partial charge in [0.25, 0.3) is 11.6 Å². The van der Waals surface area contributed by atoms with Gasteiger partial charge in [0.1, 0.15) is 5.75 Å². The molecule has 0 radical (unpaired) electrons. The second-order valence-electron chi connectivity index (χ2n) is 5.49. The largest absolute Gasteiger partial charge is 0.507 e. The normalized spacial score (nSPS) is 11.0. The Morgan fingerprint density at radius 2 is 1.81 bits per heavy atom. The maximum absolute atomic E-state index is 12.5. The monoisotopic (exact) mass is 367 g/mol. The predicted molar refractivity (Wildman–Crippen MR) is 94.9 cm³/mol. The van der Waals surface area contributed by atoms with Crippen LogP contribution in [0.15, 0.2) is 63.6 Å². The molecule has 0 spiro atoms. The lowest BCUT2D eigenvalue weighted by Crippen LogP contribution is -2.25. The van der Waals surface area contributed by atoms with Crippen LogP contribution < -0.4 is 5.56 Å². The number of aromatic hydroxyl groups is 1. The minimum absolute atomic E-state index is 0.0268. The molecule has 1 aromatic heterocycles. The number of phenolic OH excluding ortho intramolecular Hbond substituents is 1. The van der Waals surface area contributed by atoms with Crippen molar-refractivity contribution in [2.24, 2.45) is 10.2 Å².